The second kappa shape index (κ2) is 12.5. The third-order valence-electron chi connectivity index (χ3n) is 7.13. The Kier molecular flexibility index (Phi) is 8.59. The molecule has 0 saturated carbocycles. The first-order valence-corrected chi connectivity index (χ1v) is 14.0. The van der Waals surface area contributed by atoms with Gasteiger partial charge >= 0.3 is 12.3 Å². The number of benzene rings is 3. The summed E-state index contributed by atoms with van der Waals surface area (Å²) >= 11 is 0. The summed E-state index contributed by atoms with van der Waals surface area (Å²) in [6.07, 6.45) is -5.31. The third-order valence-corrected chi connectivity index (χ3v) is 7.13. The molecule has 3 aromatic carbocycles. The van der Waals surface area contributed by atoms with Crippen molar-refractivity contribution in [2.45, 2.75) is 39.6 Å². The minimum absolute atomic E-state index is 0.00853. The Morgan fingerprint density at radius 2 is 1.82 bits per heavy atom. The number of fused-ring (bicyclic) bond motifs is 1. The molecule has 0 N–H and O–H groups in total. The molecule has 5 rings (SSSR count). The van der Waals surface area contributed by atoms with E-state index in [4.69, 9.17) is 16.3 Å². The van der Waals surface area contributed by atoms with Gasteiger partial charge in [-0.3, -0.25) is 4.90 Å². The molecule has 228 valence electrons. The lowest BCUT2D eigenvalue weighted by Crippen LogP contribution is -2.35. The van der Waals surface area contributed by atoms with E-state index in [-0.39, 0.29) is 42.4 Å². The third kappa shape index (κ3) is 6.36. The van der Waals surface area contributed by atoms with E-state index in [1.807, 2.05) is 44.2 Å². The van der Waals surface area contributed by atoms with Crippen molar-refractivity contribution in [3.05, 3.63) is 124 Å². The lowest BCUT2D eigenvalue weighted by atomic mass is 9.99. The van der Waals surface area contributed by atoms with Gasteiger partial charge in [0.15, 0.2) is 0 Å². The molecule has 0 saturated heterocycles. The van der Waals surface area contributed by atoms with E-state index in [9.17, 15) is 23.2 Å². The summed E-state index contributed by atoms with van der Waals surface area (Å²) < 4.78 is 48.3. The maximum absolute atomic E-state index is 13.7. The fourth-order valence-electron chi connectivity index (χ4n) is 5.03. The standard InChI is InChI=1S/C33H28F3N7O2/c1-21(2)19-41(32(44)45-20-24-9-6-5-7-10-24)30-39-31-42(27-12-8-11-26(17-27)33(34,35)36)22(3)28(38-4)29(43(31)40-30)25-15-13-23(18-37)14-16-25/h5-17,21,29H,19-20H2,1-3H3/t29-/m1/s1. The van der Waals surface area contributed by atoms with Crippen molar-refractivity contribution in [1.82, 2.24) is 14.8 Å². The van der Waals surface area contributed by atoms with Crippen LogP contribution in [0, 0.1) is 23.8 Å². The number of nitrogens with zero attached hydrogens (tertiary/aromatic N) is 7. The quantitative estimate of drug-likeness (QED) is 0.198. The Morgan fingerprint density at radius 3 is 2.44 bits per heavy atom. The van der Waals surface area contributed by atoms with Gasteiger partial charge in [0, 0.05) is 17.9 Å². The molecule has 0 unspecified atom stereocenters. The number of nitriles is 1. The lowest BCUT2D eigenvalue weighted by molar-refractivity contribution is -0.137. The van der Waals surface area contributed by atoms with Crippen LogP contribution in [0.2, 0.25) is 0 Å². The van der Waals surface area contributed by atoms with Gasteiger partial charge in [-0.05, 0) is 54.3 Å². The van der Waals surface area contributed by atoms with Crippen LogP contribution in [0.3, 0.4) is 0 Å². The molecule has 1 aliphatic heterocycles. The average molecular weight is 612 g/mol. The summed E-state index contributed by atoms with van der Waals surface area (Å²) in [7, 11) is 0. The molecule has 45 heavy (non-hydrogen) atoms. The van der Waals surface area contributed by atoms with Gasteiger partial charge in [-0.2, -0.15) is 23.4 Å². The van der Waals surface area contributed by atoms with Crippen molar-refractivity contribution in [2.24, 2.45) is 5.92 Å². The summed E-state index contributed by atoms with van der Waals surface area (Å²) in [5, 5.41) is 14.0. The smallest absolute Gasteiger partial charge is 0.417 e. The molecule has 0 fully saturated rings. The van der Waals surface area contributed by atoms with Gasteiger partial charge in [0.1, 0.15) is 12.6 Å². The SMILES string of the molecule is [C-]#[N+]C1=C(C)N(c2cccc(C(F)(F)F)c2)c2nc(N(CC(C)C)C(=O)OCc3ccccc3)nn2[C@@H]1c1ccc(C#N)cc1. The number of amides is 1. The van der Waals surface area contributed by atoms with Crippen LogP contribution in [0.25, 0.3) is 4.85 Å². The first-order valence-electron chi connectivity index (χ1n) is 14.0. The highest BCUT2D eigenvalue weighted by atomic mass is 19.4. The van der Waals surface area contributed by atoms with E-state index in [1.165, 1.54) is 26.6 Å². The molecule has 2 heterocycles. The van der Waals surface area contributed by atoms with Crippen LogP contribution >= 0.6 is 0 Å². The fraction of sp³-hybridized carbons (Fsp3) is 0.242. The van der Waals surface area contributed by atoms with Gasteiger partial charge in [0.2, 0.25) is 11.6 Å². The molecule has 9 nitrogen and oxygen atoms in total. The van der Waals surface area contributed by atoms with Crippen LogP contribution < -0.4 is 9.80 Å². The second-order valence-corrected chi connectivity index (χ2v) is 10.8. The van der Waals surface area contributed by atoms with Crippen molar-refractivity contribution >= 4 is 23.7 Å². The van der Waals surface area contributed by atoms with Crippen LogP contribution in [0.15, 0.2) is 90.3 Å². The summed E-state index contributed by atoms with van der Waals surface area (Å²) in [4.78, 5) is 24.7. The minimum atomic E-state index is -4.60. The van der Waals surface area contributed by atoms with Gasteiger partial charge in [0.05, 0.1) is 23.8 Å². The van der Waals surface area contributed by atoms with Crippen molar-refractivity contribution in [3.63, 3.8) is 0 Å². The van der Waals surface area contributed by atoms with E-state index in [0.717, 1.165) is 17.7 Å². The van der Waals surface area contributed by atoms with Crippen LogP contribution in [-0.2, 0) is 17.5 Å². The number of allylic oxidation sites excluding steroid dienone is 2. The van der Waals surface area contributed by atoms with Gasteiger partial charge in [-0.1, -0.05) is 62.4 Å². The first kappa shape index (κ1) is 30.8. The van der Waals surface area contributed by atoms with Crippen LogP contribution in [0.5, 0.6) is 0 Å². The van der Waals surface area contributed by atoms with E-state index in [1.54, 1.807) is 31.2 Å². The molecular weight excluding hydrogens is 583 g/mol. The Hall–Kier alpha value is -5.62. The normalized spacial score (nSPS) is 14.5. The number of rotatable bonds is 7. The average Bonchev–Trinajstić information content (AvgIpc) is 3.46. The summed E-state index contributed by atoms with van der Waals surface area (Å²) in [6.45, 7) is 13.7. The second-order valence-electron chi connectivity index (χ2n) is 10.8. The van der Waals surface area contributed by atoms with Crippen LogP contribution in [0.4, 0.5) is 35.5 Å². The molecular formula is C33H28F3N7O2. The zero-order chi connectivity index (χ0) is 32.3. The fourth-order valence-corrected chi connectivity index (χ4v) is 5.03. The predicted molar refractivity (Wildman–Crippen MR) is 161 cm³/mol. The Bertz CT molecular complexity index is 1820. The van der Waals surface area contributed by atoms with Crippen molar-refractivity contribution < 1.29 is 22.7 Å². The van der Waals surface area contributed by atoms with Gasteiger partial charge in [-0.25, -0.2) is 19.2 Å². The number of halogens is 3. The van der Waals surface area contributed by atoms with Crippen molar-refractivity contribution in [2.75, 3.05) is 16.3 Å². The predicted octanol–water partition coefficient (Wildman–Crippen LogP) is 7.86. The number of carbonyl (C=O) groups excluding carboxylic acids is 1. The van der Waals surface area contributed by atoms with E-state index in [0.29, 0.717) is 16.8 Å². The molecule has 0 bridgehead atoms. The van der Waals surface area contributed by atoms with E-state index < -0.39 is 23.9 Å². The van der Waals surface area contributed by atoms with Crippen molar-refractivity contribution in [3.8, 4) is 6.07 Å². The molecule has 1 amide bonds. The van der Waals surface area contributed by atoms with E-state index >= 15 is 0 Å². The van der Waals surface area contributed by atoms with Crippen LogP contribution in [-0.4, -0.2) is 27.4 Å². The number of alkyl halides is 3. The highest BCUT2D eigenvalue weighted by Gasteiger charge is 2.39. The minimum Gasteiger partial charge on any atom is -0.444 e. The van der Waals surface area contributed by atoms with Gasteiger partial charge in [-0.15, -0.1) is 5.10 Å². The number of hydrogen-bond acceptors (Lipinski definition) is 6. The van der Waals surface area contributed by atoms with Gasteiger partial charge in [0.25, 0.3) is 5.95 Å². The molecule has 4 aromatic rings. The number of aromatic nitrogens is 3. The number of anilines is 3. The summed E-state index contributed by atoms with van der Waals surface area (Å²) in [5.74, 6) is 0.0435. The molecule has 0 aliphatic carbocycles. The zero-order valence-corrected chi connectivity index (χ0v) is 24.7. The number of carbonyl (C=O) groups is 1. The highest BCUT2D eigenvalue weighted by molar-refractivity contribution is 5.86. The summed E-state index contributed by atoms with van der Waals surface area (Å²) in [5.41, 5.74) is 1.56. The lowest BCUT2D eigenvalue weighted by Gasteiger charge is -2.34. The Labute approximate surface area is 258 Å². The number of hydrogen-bond donors (Lipinski definition) is 0. The highest BCUT2D eigenvalue weighted by Crippen LogP contribution is 2.44. The number of ether oxygens (including phenoxy) is 1. The molecule has 1 atom stereocenters. The molecule has 0 spiro atoms. The molecule has 1 aliphatic rings. The van der Waals surface area contributed by atoms with Crippen LogP contribution in [0.1, 0.15) is 49.1 Å². The van der Waals surface area contributed by atoms with Crippen molar-refractivity contribution in [1.29, 1.82) is 5.26 Å². The topological polar surface area (TPSA) is 91.6 Å². The Balaban J connectivity index is 1.66. The molecule has 1 aromatic heterocycles. The largest absolute Gasteiger partial charge is 0.444 e. The van der Waals surface area contributed by atoms with E-state index in [2.05, 4.69) is 16.0 Å². The monoisotopic (exact) mass is 611 g/mol. The maximum atomic E-state index is 13.7. The summed E-state index contributed by atoms with van der Waals surface area (Å²) in [6, 6.07) is 21.7. The molecule has 0 radical (unpaired) electrons. The maximum Gasteiger partial charge on any atom is 0.417 e. The molecule has 12 heteroatoms. The Morgan fingerprint density at radius 1 is 1.11 bits per heavy atom. The van der Waals surface area contributed by atoms with Gasteiger partial charge < -0.3 is 4.74 Å². The first-order chi connectivity index (χ1) is 21.5. The zero-order valence-electron chi connectivity index (χ0n) is 24.7.